The first-order valence-electron chi connectivity index (χ1n) is 17.2. The van der Waals surface area contributed by atoms with Gasteiger partial charge in [-0.25, -0.2) is 0 Å². The van der Waals surface area contributed by atoms with E-state index in [4.69, 9.17) is 13.7 Å². The van der Waals surface area contributed by atoms with Crippen LogP contribution in [0.4, 0.5) is 0 Å². The van der Waals surface area contributed by atoms with Gasteiger partial charge in [-0.05, 0) is 52.6 Å². The fourth-order valence-electron chi connectivity index (χ4n) is 5.46. The molecule has 2 nitrogen and oxygen atoms in total. The average Bonchev–Trinajstić information content (AvgIpc) is 3.64. The van der Waals surface area contributed by atoms with Crippen LogP contribution in [0.15, 0.2) is 139 Å². The van der Waals surface area contributed by atoms with E-state index >= 15 is 0 Å². The summed E-state index contributed by atoms with van der Waals surface area (Å²) < 4.78 is 86.8. The van der Waals surface area contributed by atoms with Crippen molar-refractivity contribution in [2.24, 2.45) is 0 Å². The maximum atomic E-state index is 8.76. The first-order chi connectivity index (χ1) is 23.0. The van der Waals surface area contributed by atoms with Gasteiger partial charge in [0.15, 0.2) is 0 Å². The van der Waals surface area contributed by atoms with Crippen LogP contribution in [0, 0.1) is 0 Å². The average molecular weight is 495 g/mol. The van der Waals surface area contributed by atoms with Gasteiger partial charge in [-0.2, -0.15) is 0 Å². The molecule has 2 heteroatoms. The standard InChI is InChI=1S/C36H24N2/c1-3-11-24(12-4-1)26-21-27(25-13-5-2-6-14-25)23-28(22-26)38-34-18-10-8-16-30(34)32-20-19-31-29-15-7-9-17-33(29)37-35(31)36(32)38/h1-23,37H/i1D,2D,3D,4D,5D,6D,11D,12D,13D,14D. The minimum Gasteiger partial charge on any atom is -0.353 e. The van der Waals surface area contributed by atoms with Crippen molar-refractivity contribution in [3.8, 4) is 27.9 Å². The molecule has 2 aromatic heterocycles. The van der Waals surface area contributed by atoms with Crippen LogP contribution in [-0.4, -0.2) is 9.55 Å². The SMILES string of the molecule is [2H]c1c([2H])c([2H])c(-c2cc(-c3c([2H])c([2H])c([2H])c([2H])c3[2H])cc(-n3c4ccccc4c4ccc5c6ccccc6[nH]c5c43)c2)c([2H])c1[2H]. The number of para-hydroxylation sites is 2. The lowest BCUT2D eigenvalue weighted by molar-refractivity contribution is 1.18. The zero-order valence-corrected chi connectivity index (χ0v) is 20.0. The largest absolute Gasteiger partial charge is 0.353 e. The van der Waals surface area contributed by atoms with Gasteiger partial charge >= 0.3 is 0 Å². The first-order valence-corrected chi connectivity index (χ1v) is 12.2. The van der Waals surface area contributed by atoms with Gasteiger partial charge in [-0.1, -0.05) is 109 Å². The summed E-state index contributed by atoms with van der Waals surface area (Å²) in [6.45, 7) is 0. The van der Waals surface area contributed by atoms with Crippen LogP contribution in [0.3, 0.4) is 0 Å². The lowest BCUT2D eigenvalue weighted by Gasteiger charge is -2.14. The van der Waals surface area contributed by atoms with Crippen molar-refractivity contribution in [2.45, 2.75) is 0 Å². The van der Waals surface area contributed by atoms with Gasteiger partial charge in [0.05, 0.1) is 30.3 Å². The van der Waals surface area contributed by atoms with E-state index < -0.39 is 60.4 Å². The molecule has 6 aromatic carbocycles. The summed E-state index contributed by atoms with van der Waals surface area (Å²) in [5.41, 5.74) is 4.33. The second-order valence-electron chi connectivity index (χ2n) is 9.18. The molecule has 0 saturated heterocycles. The summed E-state index contributed by atoms with van der Waals surface area (Å²) in [6.07, 6.45) is 0. The fourth-order valence-corrected chi connectivity index (χ4v) is 5.46. The first kappa shape index (κ1) is 13.5. The van der Waals surface area contributed by atoms with Crippen LogP contribution in [0.5, 0.6) is 0 Å². The number of nitrogens with one attached hydrogen (secondary N) is 1. The molecular formula is C36H24N2. The topological polar surface area (TPSA) is 20.7 Å². The molecule has 0 fully saturated rings. The van der Waals surface area contributed by atoms with Crippen molar-refractivity contribution >= 4 is 43.6 Å². The van der Waals surface area contributed by atoms with E-state index in [1.807, 2.05) is 53.1 Å². The minimum absolute atomic E-state index is 0.0620. The molecule has 0 radical (unpaired) electrons. The molecule has 0 aliphatic rings. The van der Waals surface area contributed by atoms with E-state index in [9.17, 15) is 0 Å². The smallest absolute Gasteiger partial charge is 0.0783 e. The van der Waals surface area contributed by atoms with E-state index in [-0.39, 0.29) is 22.3 Å². The number of H-pyrrole nitrogens is 1. The lowest BCUT2D eigenvalue weighted by Crippen LogP contribution is -1.96. The highest BCUT2D eigenvalue weighted by Crippen LogP contribution is 2.40. The van der Waals surface area contributed by atoms with Gasteiger partial charge in [0.1, 0.15) is 0 Å². The Hall–Kier alpha value is -5.08. The molecule has 0 atom stereocenters. The van der Waals surface area contributed by atoms with Crippen LogP contribution in [-0.2, 0) is 0 Å². The molecule has 0 aliphatic carbocycles. The molecule has 0 amide bonds. The van der Waals surface area contributed by atoms with Crippen molar-refractivity contribution < 1.29 is 13.7 Å². The molecule has 0 spiro atoms. The zero-order chi connectivity index (χ0) is 33.8. The molecule has 1 N–H and O–H groups in total. The molecule has 0 bridgehead atoms. The van der Waals surface area contributed by atoms with Gasteiger partial charge in [0.2, 0.25) is 0 Å². The second kappa shape index (κ2) is 8.22. The van der Waals surface area contributed by atoms with Gasteiger partial charge in [-0.3, -0.25) is 0 Å². The Balaban J connectivity index is 1.57. The summed E-state index contributed by atoms with van der Waals surface area (Å²) in [5.74, 6) is 0. The molecule has 178 valence electrons. The Morgan fingerprint density at radius 3 is 1.84 bits per heavy atom. The molecule has 0 unspecified atom stereocenters. The predicted molar refractivity (Wildman–Crippen MR) is 161 cm³/mol. The number of fused-ring (bicyclic) bond motifs is 7. The van der Waals surface area contributed by atoms with Gasteiger partial charge in [0, 0.05) is 32.7 Å². The number of aromatic amines is 1. The number of rotatable bonds is 3. The Bertz CT molecular complexity index is 2540. The molecule has 38 heavy (non-hydrogen) atoms. The van der Waals surface area contributed by atoms with Crippen molar-refractivity contribution in [3.05, 3.63) is 139 Å². The summed E-state index contributed by atoms with van der Waals surface area (Å²) in [6, 6.07) is 20.2. The predicted octanol–water partition coefficient (Wildman–Crippen LogP) is 9.75. The van der Waals surface area contributed by atoms with Crippen LogP contribution in [0.25, 0.3) is 71.6 Å². The number of aromatic nitrogens is 2. The number of hydrogen-bond donors (Lipinski definition) is 1. The minimum atomic E-state index is -0.528. The maximum absolute atomic E-state index is 8.76. The normalized spacial score (nSPS) is 15.4. The molecular weight excluding hydrogens is 460 g/mol. The van der Waals surface area contributed by atoms with Crippen molar-refractivity contribution in [1.29, 1.82) is 0 Å². The Morgan fingerprint density at radius 1 is 0.526 bits per heavy atom. The van der Waals surface area contributed by atoms with E-state index in [1.165, 1.54) is 6.07 Å². The van der Waals surface area contributed by atoms with Crippen molar-refractivity contribution in [1.82, 2.24) is 9.55 Å². The number of hydrogen-bond acceptors (Lipinski definition) is 0. The fraction of sp³-hybridized carbons (Fsp3) is 0. The lowest BCUT2D eigenvalue weighted by atomic mass is 9.98. The Labute approximate surface area is 234 Å². The van der Waals surface area contributed by atoms with Gasteiger partial charge in [-0.15, -0.1) is 0 Å². The highest BCUT2D eigenvalue weighted by molar-refractivity contribution is 6.22. The summed E-state index contributed by atoms with van der Waals surface area (Å²) >= 11 is 0. The second-order valence-corrected chi connectivity index (χ2v) is 9.18. The molecule has 0 saturated carbocycles. The van der Waals surface area contributed by atoms with Crippen molar-refractivity contribution in [2.75, 3.05) is 0 Å². The quantitative estimate of drug-likeness (QED) is 0.252. The van der Waals surface area contributed by atoms with Crippen LogP contribution in [0.1, 0.15) is 13.7 Å². The maximum Gasteiger partial charge on any atom is 0.0783 e. The highest BCUT2D eigenvalue weighted by atomic mass is 15.0. The molecule has 8 rings (SSSR count). The van der Waals surface area contributed by atoms with Crippen molar-refractivity contribution in [3.63, 3.8) is 0 Å². The Morgan fingerprint density at radius 2 is 1.13 bits per heavy atom. The van der Waals surface area contributed by atoms with E-state index in [0.717, 1.165) is 43.6 Å². The third-order valence-corrected chi connectivity index (χ3v) is 7.07. The molecule has 0 aliphatic heterocycles. The summed E-state index contributed by atoms with van der Waals surface area (Å²) in [4.78, 5) is 3.58. The van der Waals surface area contributed by atoms with E-state index in [1.54, 1.807) is 12.1 Å². The monoisotopic (exact) mass is 494 g/mol. The number of benzene rings is 6. The Kier molecular flexibility index (Phi) is 2.91. The van der Waals surface area contributed by atoms with E-state index in [2.05, 4.69) is 17.1 Å². The van der Waals surface area contributed by atoms with Crippen LogP contribution >= 0.6 is 0 Å². The summed E-state index contributed by atoms with van der Waals surface area (Å²) in [7, 11) is 0. The molecule has 8 aromatic rings. The third-order valence-electron chi connectivity index (χ3n) is 7.07. The summed E-state index contributed by atoms with van der Waals surface area (Å²) in [5, 5.41) is 3.93. The van der Waals surface area contributed by atoms with Crippen LogP contribution < -0.4 is 0 Å². The van der Waals surface area contributed by atoms with E-state index in [0.29, 0.717) is 5.69 Å². The third kappa shape index (κ3) is 3.14. The zero-order valence-electron chi connectivity index (χ0n) is 30.0. The van der Waals surface area contributed by atoms with Crippen LogP contribution in [0.2, 0.25) is 0 Å². The van der Waals surface area contributed by atoms with Gasteiger partial charge in [0.25, 0.3) is 0 Å². The highest BCUT2D eigenvalue weighted by Gasteiger charge is 2.18. The molecule has 2 heterocycles. The van der Waals surface area contributed by atoms with Gasteiger partial charge < -0.3 is 9.55 Å². The number of nitrogens with zero attached hydrogens (tertiary/aromatic N) is 1.